The van der Waals surface area contributed by atoms with Crippen LogP contribution in [0.1, 0.15) is 43.2 Å². The van der Waals surface area contributed by atoms with Crippen LogP contribution in [-0.2, 0) is 5.41 Å². The van der Waals surface area contributed by atoms with Gasteiger partial charge < -0.3 is 9.32 Å². The minimum atomic E-state index is 0.125. The smallest absolute Gasteiger partial charge is 0.135 e. The van der Waals surface area contributed by atoms with E-state index in [-0.39, 0.29) is 5.41 Å². The number of rotatable bonds is 4. The van der Waals surface area contributed by atoms with Crippen molar-refractivity contribution in [1.82, 2.24) is 0 Å². The highest BCUT2D eigenvalue weighted by Gasteiger charge is 2.61. The van der Waals surface area contributed by atoms with E-state index in [1.54, 1.807) is 11.1 Å². The Hall–Kier alpha value is -5.60. The van der Waals surface area contributed by atoms with Gasteiger partial charge in [0.05, 0.1) is 5.69 Å². The van der Waals surface area contributed by atoms with E-state index in [1.807, 2.05) is 12.1 Å². The van der Waals surface area contributed by atoms with Gasteiger partial charge in [-0.15, -0.1) is 0 Å². The molecule has 4 saturated carbocycles. The molecule has 8 aromatic rings. The number of anilines is 3. The van der Waals surface area contributed by atoms with Crippen molar-refractivity contribution in [2.24, 2.45) is 23.7 Å². The fraction of sp³-hybridized carbons (Fsp3) is 0.200. The van der Waals surface area contributed by atoms with Gasteiger partial charge in [-0.05, 0) is 143 Å². The molecule has 2 heteroatoms. The van der Waals surface area contributed by atoms with Crippen molar-refractivity contribution in [3.63, 3.8) is 0 Å². The van der Waals surface area contributed by atoms with Crippen LogP contribution in [0.2, 0.25) is 0 Å². The Morgan fingerprint density at radius 1 is 0.462 bits per heavy atom. The minimum Gasteiger partial charge on any atom is -0.456 e. The van der Waals surface area contributed by atoms with E-state index in [4.69, 9.17) is 4.42 Å². The Morgan fingerprint density at radius 3 is 1.96 bits per heavy atom. The quantitative estimate of drug-likeness (QED) is 0.185. The predicted octanol–water partition coefficient (Wildman–Crippen LogP) is 13.6. The fourth-order valence-electron chi connectivity index (χ4n) is 11.8. The van der Waals surface area contributed by atoms with Crippen LogP contribution in [0.25, 0.3) is 55.0 Å². The molecule has 7 aromatic carbocycles. The first-order chi connectivity index (χ1) is 25.7. The third-order valence-electron chi connectivity index (χ3n) is 13.6. The molecule has 0 aliphatic heterocycles. The summed E-state index contributed by atoms with van der Waals surface area (Å²) in [6.07, 6.45) is 7.02. The van der Waals surface area contributed by atoms with Crippen LogP contribution in [0.4, 0.5) is 17.1 Å². The molecular weight excluding hydrogens is 631 g/mol. The lowest BCUT2D eigenvalue weighted by Crippen LogP contribution is -2.55. The Morgan fingerprint density at radius 2 is 1.12 bits per heavy atom. The minimum absolute atomic E-state index is 0.125. The zero-order valence-corrected chi connectivity index (χ0v) is 29.1. The van der Waals surface area contributed by atoms with E-state index in [2.05, 4.69) is 144 Å². The molecule has 1 heterocycles. The summed E-state index contributed by atoms with van der Waals surface area (Å²) in [4.78, 5) is 2.52. The molecule has 0 unspecified atom stereocenters. The maximum atomic E-state index is 6.15. The van der Waals surface area contributed by atoms with Crippen LogP contribution < -0.4 is 4.90 Å². The topological polar surface area (TPSA) is 16.4 Å². The number of para-hydroxylation sites is 1. The highest BCUT2D eigenvalue weighted by atomic mass is 16.3. The fourth-order valence-corrected chi connectivity index (χ4v) is 11.8. The van der Waals surface area contributed by atoms with Crippen molar-refractivity contribution >= 4 is 49.8 Å². The summed E-state index contributed by atoms with van der Waals surface area (Å²) >= 11 is 0. The summed E-state index contributed by atoms with van der Waals surface area (Å²) in [6, 6.07) is 56.6. The van der Waals surface area contributed by atoms with Crippen molar-refractivity contribution in [3.05, 3.63) is 163 Å². The molecule has 52 heavy (non-hydrogen) atoms. The van der Waals surface area contributed by atoms with Crippen LogP contribution >= 0.6 is 0 Å². The number of nitrogens with zero attached hydrogens (tertiary/aromatic N) is 1. The first-order valence-electron chi connectivity index (χ1n) is 19.3. The van der Waals surface area contributed by atoms with Gasteiger partial charge in [0.2, 0.25) is 0 Å². The van der Waals surface area contributed by atoms with Gasteiger partial charge in [0.15, 0.2) is 0 Å². The Balaban J connectivity index is 1.03. The zero-order chi connectivity index (χ0) is 34.0. The van der Waals surface area contributed by atoms with Crippen LogP contribution in [0.5, 0.6) is 0 Å². The second-order valence-corrected chi connectivity index (χ2v) is 16.1. The maximum absolute atomic E-state index is 6.15. The van der Waals surface area contributed by atoms with Crippen LogP contribution in [0.3, 0.4) is 0 Å². The number of hydrogen-bond acceptors (Lipinski definition) is 2. The lowest BCUT2D eigenvalue weighted by Gasteiger charge is -2.61. The summed E-state index contributed by atoms with van der Waals surface area (Å²) in [5.41, 5.74) is 14.1. The monoisotopic (exact) mass is 669 g/mol. The summed E-state index contributed by atoms with van der Waals surface area (Å²) in [6.45, 7) is 0. The second-order valence-electron chi connectivity index (χ2n) is 16.1. The maximum Gasteiger partial charge on any atom is 0.135 e. The molecule has 5 aliphatic carbocycles. The summed E-state index contributed by atoms with van der Waals surface area (Å²) in [5, 5.41) is 4.84. The molecule has 2 nitrogen and oxygen atoms in total. The third kappa shape index (κ3) is 3.96. The molecule has 0 radical (unpaired) electrons. The van der Waals surface area contributed by atoms with Crippen molar-refractivity contribution in [2.75, 3.05) is 4.90 Å². The van der Waals surface area contributed by atoms with Gasteiger partial charge in [-0.3, -0.25) is 0 Å². The third-order valence-corrected chi connectivity index (χ3v) is 13.6. The molecule has 1 spiro atoms. The molecule has 0 atom stereocenters. The van der Waals surface area contributed by atoms with Crippen molar-refractivity contribution < 1.29 is 4.42 Å². The average Bonchev–Trinajstić information content (AvgIpc) is 3.70. The molecule has 4 bridgehead atoms. The van der Waals surface area contributed by atoms with Gasteiger partial charge in [-0.2, -0.15) is 0 Å². The van der Waals surface area contributed by atoms with Gasteiger partial charge in [0, 0.05) is 32.9 Å². The van der Waals surface area contributed by atoms with Gasteiger partial charge in [0.1, 0.15) is 11.2 Å². The standard InChI is InChI=1S/C50H39NO/c1-2-10-40-34(8-1)9-7-14-47(40)51(38-19-16-33(17-20-38)35-18-23-49-44(29-35)43-12-4-6-15-48(43)52-49)39-21-22-42-41-11-3-5-13-45(41)50(46(42)30-39)36-25-31-24-32(27-36)28-37(50)26-31/h1-23,29-32,36-37H,24-28H2. The van der Waals surface area contributed by atoms with Crippen molar-refractivity contribution in [3.8, 4) is 22.3 Å². The number of hydrogen-bond donors (Lipinski definition) is 0. The first-order valence-corrected chi connectivity index (χ1v) is 19.3. The SMILES string of the molecule is c1ccc2c(c1)-c1ccc(N(c3ccc(-c4ccc5oc6ccccc6c5c4)cc3)c3cccc4ccccc34)cc1C21C2CC3CC(C2)CC1C3. The Kier molecular flexibility index (Phi) is 5.98. The lowest BCUT2D eigenvalue weighted by molar-refractivity contribution is -0.0399. The van der Waals surface area contributed by atoms with E-state index in [9.17, 15) is 0 Å². The molecule has 0 amide bonds. The van der Waals surface area contributed by atoms with Crippen LogP contribution in [-0.4, -0.2) is 0 Å². The molecule has 0 N–H and O–H groups in total. The normalized spacial score (nSPS) is 23.8. The molecule has 13 rings (SSSR count). The van der Waals surface area contributed by atoms with E-state index in [0.29, 0.717) is 0 Å². The first kappa shape index (κ1) is 29.0. The molecular formula is C50H39NO. The Bertz CT molecular complexity index is 2680. The highest BCUT2D eigenvalue weighted by molar-refractivity contribution is 6.06. The number of furan rings is 1. The molecule has 250 valence electrons. The van der Waals surface area contributed by atoms with Crippen molar-refractivity contribution in [2.45, 2.75) is 37.5 Å². The summed E-state index contributed by atoms with van der Waals surface area (Å²) < 4.78 is 6.15. The van der Waals surface area contributed by atoms with Gasteiger partial charge in [0.25, 0.3) is 0 Å². The molecule has 5 aliphatic rings. The predicted molar refractivity (Wildman–Crippen MR) is 215 cm³/mol. The van der Waals surface area contributed by atoms with E-state index >= 15 is 0 Å². The number of fused-ring (bicyclic) bond motifs is 7. The van der Waals surface area contributed by atoms with Crippen LogP contribution in [0.15, 0.2) is 156 Å². The average molecular weight is 670 g/mol. The lowest BCUT2D eigenvalue weighted by atomic mass is 9.43. The molecule has 1 aromatic heterocycles. The summed E-state index contributed by atoms with van der Waals surface area (Å²) in [7, 11) is 0. The van der Waals surface area contributed by atoms with E-state index in [0.717, 1.165) is 45.6 Å². The second kappa shape index (κ2) is 10.7. The molecule has 0 saturated heterocycles. The van der Waals surface area contributed by atoms with Gasteiger partial charge >= 0.3 is 0 Å². The van der Waals surface area contributed by atoms with Gasteiger partial charge in [-0.25, -0.2) is 0 Å². The highest BCUT2D eigenvalue weighted by Crippen LogP contribution is 2.69. The summed E-state index contributed by atoms with van der Waals surface area (Å²) in [5.74, 6) is 3.31. The zero-order valence-electron chi connectivity index (χ0n) is 29.1. The van der Waals surface area contributed by atoms with Gasteiger partial charge in [-0.1, -0.05) is 103 Å². The van der Waals surface area contributed by atoms with Crippen LogP contribution in [0, 0.1) is 23.7 Å². The largest absolute Gasteiger partial charge is 0.456 e. The molecule has 4 fully saturated rings. The van der Waals surface area contributed by atoms with Crippen molar-refractivity contribution in [1.29, 1.82) is 0 Å². The van der Waals surface area contributed by atoms with E-state index < -0.39 is 0 Å². The van der Waals surface area contributed by atoms with E-state index in [1.165, 1.54) is 82.2 Å². The Labute approximate surface area is 304 Å². The number of benzene rings is 7.